The first-order chi connectivity index (χ1) is 17.7. The van der Waals surface area contributed by atoms with Gasteiger partial charge in [0.15, 0.2) is 5.17 Å². The Bertz CT molecular complexity index is 1640. The third kappa shape index (κ3) is 4.70. The lowest BCUT2D eigenvalue weighted by Crippen LogP contribution is -2.29. The van der Waals surface area contributed by atoms with Crippen molar-refractivity contribution in [2.75, 3.05) is 10.2 Å². The molecule has 0 saturated carbocycles. The van der Waals surface area contributed by atoms with E-state index in [0.29, 0.717) is 32.3 Å². The van der Waals surface area contributed by atoms with Crippen LogP contribution in [0.25, 0.3) is 5.57 Å². The van der Waals surface area contributed by atoms with Crippen molar-refractivity contribution in [2.24, 2.45) is 4.99 Å². The van der Waals surface area contributed by atoms with E-state index in [9.17, 15) is 22.8 Å². The second-order valence-electron chi connectivity index (χ2n) is 7.95. The maximum absolute atomic E-state index is 13.7. The van der Waals surface area contributed by atoms with Crippen LogP contribution in [-0.2, 0) is 24.4 Å². The van der Waals surface area contributed by atoms with Crippen LogP contribution in [0.4, 0.5) is 17.1 Å². The summed E-state index contributed by atoms with van der Waals surface area (Å²) in [5, 5.41) is 3.11. The number of halogens is 1. The zero-order chi connectivity index (χ0) is 26.3. The van der Waals surface area contributed by atoms with Crippen molar-refractivity contribution in [3.05, 3.63) is 87.7 Å². The Labute approximate surface area is 224 Å². The minimum Gasteiger partial charge on any atom is -0.320 e. The zero-order valence-corrected chi connectivity index (χ0v) is 22.3. The van der Waals surface area contributed by atoms with Crippen molar-refractivity contribution in [2.45, 2.75) is 11.8 Å². The second-order valence-corrected chi connectivity index (χ2v) is 11.5. The summed E-state index contributed by atoms with van der Waals surface area (Å²) >= 11 is 4.49. The number of benzene rings is 3. The van der Waals surface area contributed by atoms with Crippen LogP contribution in [0.1, 0.15) is 12.5 Å². The van der Waals surface area contributed by atoms with Gasteiger partial charge in [-0.2, -0.15) is 0 Å². The first-order valence-corrected chi connectivity index (χ1v) is 13.9. The van der Waals surface area contributed by atoms with E-state index in [2.05, 4.69) is 26.2 Å². The number of amides is 3. The van der Waals surface area contributed by atoms with Gasteiger partial charge in [-0.1, -0.05) is 30.3 Å². The number of para-hydroxylation sites is 2. The van der Waals surface area contributed by atoms with Gasteiger partial charge in [0.25, 0.3) is 21.8 Å². The summed E-state index contributed by atoms with van der Waals surface area (Å²) < 4.78 is 27.1. The van der Waals surface area contributed by atoms with E-state index in [1.807, 2.05) is 10.8 Å². The van der Waals surface area contributed by atoms with E-state index in [-0.39, 0.29) is 21.3 Å². The highest BCUT2D eigenvalue weighted by molar-refractivity contribution is 9.10. The Kier molecular flexibility index (Phi) is 6.48. The van der Waals surface area contributed by atoms with Crippen molar-refractivity contribution in [3.63, 3.8) is 0 Å². The monoisotopic (exact) mass is 596 g/mol. The van der Waals surface area contributed by atoms with Crippen molar-refractivity contribution in [1.29, 1.82) is 0 Å². The molecule has 2 heterocycles. The van der Waals surface area contributed by atoms with Gasteiger partial charge in [0.1, 0.15) is 0 Å². The fourth-order valence-corrected chi connectivity index (χ4v) is 6.40. The quantitative estimate of drug-likeness (QED) is 0.430. The molecular weight excluding hydrogens is 580 g/mol. The third-order valence-corrected chi connectivity index (χ3v) is 8.57. The standard InChI is InChI=1S/C25H17BrN4O5S2/c1-14(31)29-37(34,35)17-12-10-15(11-13-17)27-25-30(16-6-3-2-4-7-16)24(33)22(36-25)20-18-8-5-9-19(26)21(18)28-23(20)32/h2-13H,1H3,(H,28,32)(H,29,31)/b22-20-,27-25-. The highest BCUT2D eigenvalue weighted by Crippen LogP contribution is 2.45. The van der Waals surface area contributed by atoms with E-state index in [0.717, 1.165) is 18.7 Å². The highest BCUT2D eigenvalue weighted by Gasteiger charge is 2.41. The molecule has 0 spiro atoms. The molecular formula is C25H17BrN4O5S2. The molecule has 1 fully saturated rings. The largest absolute Gasteiger partial charge is 0.320 e. The predicted octanol–water partition coefficient (Wildman–Crippen LogP) is 4.40. The molecule has 3 aromatic carbocycles. The minimum atomic E-state index is -4.00. The van der Waals surface area contributed by atoms with Crippen LogP contribution >= 0.6 is 27.7 Å². The topological polar surface area (TPSA) is 125 Å². The summed E-state index contributed by atoms with van der Waals surface area (Å²) in [7, 11) is -4.00. The van der Waals surface area contributed by atoms with E-state index in [1.165, 1.54) is 29.2 Å². The minimum absolute atomic E-state index is 0.102. The molecule has 9 nitrogen and oxygen atoms in total. The first kappa shape index (κ1) is 24.9. The molecule has 0 aliphatic carbocycles. The van der Waals surface area contributed by atoms with Gasteiger partial charge in [0.05, 0.1) is 32.4 Å². The summed E-state index contributed by atoms with van der Waals surface area (Å²) in [5.41, 5.74) is 2.40. The normalized spacial score (nSPS) is 18.2. The Morgan fingerprint density at radius 2 is 1.70 bits per heavy atom. The summed E-state index contributed by atoms with van der Waals surface area (Å²) in [6.45, 7) is 1.11. The Morgan fingerprint density at radius 1 is 1.00 bits per heavy atom. The van der Waals surface area contributed by atoms with Crippen molar-refractivity contribution in [1.82, 2.24) is 4.72 Å². The second kappa shape index (κ2) is 9.61. The molecule has 3 amide bonds. The van der Waals surface area contributed by atoms with Crippen LogP contribution in [0.2, 0.25) is 0 Å². The van der Waals surface area contributed by atoms with Crippen LogP contribution in [0.5, 0.6) is 0 Å². The fourth-order valence-electron chi connectivity index (χ4n) is 3.85. The number of fused-ring (bicyclic) bond motifs is 1. The lowest BCUT2D eigenvalue weighted by molar-refractivity contribution is -0.117. The number of hydrogen-bond donors (Lipinski definition) is 2. The third-order valence-electron chi connectivity index (χ3n) is 5.42. The number of aliphatic imine (C=N–C) groups is 1. The Hall–Kier alpha value is -3.74. The summed E-state index contributed by atoms with van der Waals surface area (Å²) in [5.74, 6) is -1.49. The van der Waals surface area contributed by atoms with Gasteiger partial charge >= 0.3 is 0 Å². The number of sulfonamides is 1. The van der Waals surface area contributed by atoms with Crippen LogP contribution in [0, 0.1) is 0 Å². The molecule has 2 N–H and O–H groups in total. The number of carbonyl (C=O) groups excluding carboxylic acids is 3. The average Bonchev–Trinajstić information content (AvgIpc) is 3.35. The number of thioether (sulfide) groups is 1. The van der Waals surface area contributed by atoms with Gasteiger partial charge in [0, 0.05) is 17.0 Å². The van der Waals surface area contributed by atoms with Crippen LogP contribution in [0.15, 0.2) is 92.1 Å². The number of nitrogens with one attached hydrogen (secondary N) is 2. The molecule has 0 unspecified atom stereocenters. The smallest absolute Gasteiger partial charge is 0.272 e. The van der Waals surface area contributed by atoms with Crippen molar-refractivity contribution < 1.29 is 22.8 Å². The van der Waals surface area contributed by atoms with Gasteiger partial charge in [0.2, 0.25) is 5.91 Å². The highest BCUT2D eigenvalue weighted by atomic mass is 79.9. The van der Waals surface area contributed by atoms with Crippen LogP contribution in [0.3, 0.4) is 0 Å². The number of nitrogens with zero attached hydrogens (tertiary/aromatic N) is 2. The van der Waals surface area contributed by atoms with Gasteiger partial charge < -0.3 is 5.32 Å². The molecule has 0 radical (unpaired) electrons. The number of carbonyl (C=O) groups is 3. The summed E-state index contributed by atoms with van der Waals surface area (Å²) in [6.07, 6.45) is 0. The zero-order valence-electron chi connectivity index (χ0n) is 19.1. The predicted molar refractivity (Wildman–Crippen MR) is 146 cm³/mol. The molecule has 2 aliphatic rings. The lowest BCUT2D eigenvalue weighted by Gasteiger charge is -2.15. The molecule has 0 bridgehead atoms. The van der Waals surface area contributed by atoms with Gasteiger partial charge in [-0.3, -0.25) is 19.3 Å². The van der Waals surface area contributed by atoms with E-state index >= 15 is 0 Å². The fraction of sp³-hybridized carbons (Fsp3) is 0.0400. The SMILES string of the molecule is CC(=O)NS(=O)(=O)c1ccc(/N=C2\S/C(=C3\C(=O)Nc4c(Br)cccc43)C(=O)N2c2ccccc2)cc1. The Balaban J connectivity index is 1.59. The summed E-state index contributed by atoms with van der Waals surface area (Å²) in [6, 6.07) is 19.8. The van der Waals surface area contributed by atoms with Crippen molar-refractivity contribution >= 4 is 83.2 Å². The molecule has 2 aliphatic heterocycles. The lowest BCUT2D eigenvalue weighted by atomic mass is 10.1. The average molecular weight is 597 g/mol. The number of amidine groups is 1. The van der Waals surface area contributed by atoms with Gasteiger partial charge in [-0.25, -0.2) is 18.1 Å². The van der Waals surface area contributed by atoms with E-state index in [1.54, 1.807) is 42.5 Å². The first-order valence-electron chi connectivity index (χ1n) is 10.8. The number of rotatable bonds is 4. The molecule has 0 aromatic heterocycles. The number of anilines is 2. The molecule has 186 valence electrons. The van der Waals surface area contributed by atoms with Gasteiger partial charge in [-0.05, 0) is 70.2 Å². The van der Waals surface area contributed by atoms with E-state index in [4.69, 9.17) is 0 Å². The van der Waals surface area contributed by atoms with Crippen molar-refractivity contribution in [3.8, 4) is 0 Å². The van der Waals surface area contributed by atoms with Crippen LogP contribution < -0.4 is 14.9 Å². The Morgan fingerprint density at radius 3 is 2.38 bits per heavy atom. The molecule has 1 saturated heterocycles. The molecule has 37 heavy (non-hydrogen) atoms. The maximum atomic E-state index is 13.7. The summed E-state index contributed by atoms with van der Waals surface area (Å²) in [4.78, 5) is 43.9. The van der Waals surface area contributed by atoms with E-state index < -0.39 is 21.8 Å². The van der Waals surface area contributed by atoms with Gasteiger partial charge in [-0.15, -0.1) is 0 Å². The molecule has 3 aromatic rings. The maximum Gasteiger partial charge on any atom is 0.272 e. The number of hydrogen-bond acceptors (Lipinski definition) is 7. The molecule has 12 heteroatoms. The molecule has 5 rings (SSSR count). The van der Waals surface area contributed by atoms with Crippen LogP contribution in [-0.4, -0.2) is 31.3 Å². The molecule has 0 atom stereocenters.